The molecule has 4 aliphatic carbocycles. The second kappa shape index (κ2) is 5.66. The van der Waals surface area contributed by atoms with E-state index in [0.717, 1.165) is 23.7 Å². The average molecular weight is 400 g/mol. The molecular weight excluding hydrogens is 370 g/mol. The summed E-state index contributed by atoms with van der Waals surface area (Å²) in [5, 5.41) is 1.52. The van der Waals surface area contributed by atoms with Crippen LogP contribution in [0.15, 0.2) is 48.5 Å². The van der Waals surface area contributed by atoms with E-state index in [2.05, 4.69) is 78.6 Å². The molecule has 4 saturated carbocycles. The molecule has 1 nitrogen and oxygen atoms in total. The maximum absolute atomic E-state index is 2.93. The number of hydrogen-bond donors (Lipinski definition) is 0. The second-order valence-corrected chi connectivity index (χ2v) is 11.4. The van der Waals surface area contributed by atoms with Gasteiger partial charge in [0.05, 0.1) is 11.6 Å². The minimum absolute atomic E-state index is 0.234. The van der Waals surface area contributed by atoms with Crippen LogP contribution in [0.1, 0.15) is 61.1 Å². The first-order valence-electron chi connectivity index (χ1n) is 11.5. The number of fused-ring (bicyclic) bond motifs is 3. The normalized spacial score (nSPS) is 37.0. The first kappa shape index (κ1) is 16.9. The standard InChI is InChI=1S/C27H29NS/c1-16-7-3-5-9-23(16)28-17(2)25-22-8-4-6-10-24(22)29-26(25)27(28)20-12-18-11-19(14-20)15-21(27)13-18/h3-10,17-21H,11-15H2,1-2H3. The molecule has 3 aromatic rings. The maximum atomic E-state index is 2.93. The van der Waals surface area contributed by atoms with Gasteiger partial charge in [-0.05, 0) is 98.3 Å². The fraction of sp³-hybridized carbons (Fsp3) is 0.481. The van der Waals surface area contributed by atoms with Crippen molar-refractivity contribution in [1.82, 2.24) is 0 Å². The van der Waals surface area contributed by atoms with Crippen LogP contribution in [0.4, 0.5) is 5.69 Å². The highest BCUT2D eigenvalue weighted by Crippen LogP contribution is 2.70. The molecule has 5 aliphatic rings. The number of anilines is 1. The molecular formula is C27H29NS. The number of benzene rings is 2. The molecule has 1 atom stereocenters. The quantitative estimate of drug-likeness (QED) is 0.411. The van der Waals surface area contributed by atoms with E-state index >= 15 is 0 Å². The SMILES string of the molecule is Cc1ccccc1N1C(C)c2c(sc3ccccc23)C12C1CC3CC(C1)CC2C3. The van der Waals surface area contributed by atoms with E-state index in [4.69, 9.17) is 0 Å². The first-order chi connectivity index (χ1) is 14.2. The van der Waals surface area contributed by atoms with Gasteiger partial charge in [-0.3, -0.25) is 0 Å². The molecule has 2 heterocycles. The smallest absolute Gasteiger partial charge is 0.0812 e. The molecule has 1 aromatic heterocycles. The van der Waals surface area contributed by atoms with E-state index in [0.29, 0.717) is 6.04 Å². The first-order valence-corrected chi connectivity index (χ1v) is 12.4. The van der Waals surface area contributed by atoms with Gasteiger partial charge in [-0.25, -0.2) is 0 Å². The van der Waals surface area contributed by atoms with Gasteiger partial charge in [0.25, 0.3) is 0 Å². The number of nitrogens with zero attached hydrogens (tertiary/aromatic N) is 1. The topological polar surface area (TPSA) is 3.24 Å². The fourth-order valence-corrected chi connectivity index (χ4v) is 9.89. The summed E-state index contributed by atoms with van der Waals surface area (Å²) in [6.07, 6.45) is 7.33. The third-order valence-electron chi connectivity index (χ3n) is 8.96. The van der Waals surface area contributed by atoms with Gasteiger partial charge in [-0.2, -0.15) is 0 Å². The van der Waals surface area contributed by atoms with Crippen molar-refractivity contribution in [1.29, 1.82) is 0 Å². The van der Waals surface area contributed by atoms with Crippen LogP contribution in [0.5, 0.6) is 0 Å². The molecule has 0 amide bonds. The van der Waals surface area contributed by atoms with Crippen molar-refractivity contribution in [3.63, 3.8) is 0 Å². The molecule has 1 unspecified atom stereocenters. The predicted octanol–water partition coefficient (Wildman–Crippen LogP) is 7.44. The Hall–Kier alpha value is -1.80. The van der Waals surface area contributed by atoms with Crippen molar-refractivity contribution < 1.29 is 0 Å². The summed E-state index contributed by atoms with van der Waals surface area (Å²) in [7, 11) is 0. The third-order valence-corrected chi connectivity index (χ3v) is 10.3. The molecule has 1 spiro atoms. The van der Waals surface area contributed by atoms with Crippen molar-refractivity contribution in [3.05, 3.63) is 64.5 Å². The molecule has 148 valence electrons. The molecule has 0 N–H and O–H groups in total. The van der Waals surface area contributed by atoms with E-state index < -0.39 is 0 Å². The zero-order valence-electron chi connectivity index (χ0n) is 17.4. The minimum Gasteiger partial charge on any atom is -0.353 e. The Bertz CT molecular complexity index is 1100. The number of aryl methyl sites for hydroxylation is 1. The second-order valence-electron chi connectivity index (χ2n) is 10.3. The Morgan fingerprint density at radius 2 is 1.52 bits per heavy atom. The monoisotopic (exact) mass is 399 g/mol. The van der Waals surface area contributed by atoms with Crippen molar-refractivity contribution >= 4 is 27.1 Å². The Morgan fingerprint density at radius 3 is 2.24 bits per heavy atom. The summed E-state index contributed by atoms with van der Waals surface area (Å²) in [6, 6.07) is 18.8. The van der Waals surface area contributed by atoms with E-state index in [9.17, 15) is 0 Å². The largest absolute Gasteiger partial charge is 0.353 e. The van der Waals surface area contributed by atoms with Crippen LogP contribution < -0.4 is 4.90 Å². The van der Waals surface area contributed by atoms with E-state index in [-0.39, 0.29) is 5.54 Å². The predicted molar refractivity (Wildman–Crippen MR) is 123 cm³/mol. The molecule has 2 aromatic carbocycles. The van der Waals surface area contributed by atoms with Gasteiger partial charge in [-0.1, -0.05) is 36.4 Å². The summed E-state index contributed by atoms with van der Waals surface area (Å²) in [6.45, 7) is 4.81. The number of hydrogen-bond acceptors (Lipinski definition) is 2. The molecule has 8 rings (SSSR count). The summed E-state index contributed by atoms with van der Waals surface area (Å²) < 4.78 is 1.50. The van der Waals surface area contributed by atoms with Crippen LogP contribution in [-0.4, -0.2) is 0 Å². The summed E-state index contributed by atoms with van der Waals surface area (Å²) in [5.41, 5.74) is 4.81. The van der Waals surface area contributed by atoms with Crippen molar-refractivity contribution in [2.45, 2.75) is 57.5 Å². The average Bonchev–Trinajstić information content (AvgIpc) is 3.21. The molecule has 0 saturated heterocycles. The number of thiophene rings is 1. The lowest BCUT2D eigenvalue weighted by Crippen LogP contribution is -2.62. The zero-order valence-corrected chi connectivity index (χ0v) is 18.2. The molecule has 4 fully saturated rings. The Labute approximate surface area is 177 Å². The lowest BCUT2D eigenvalue weighted by molar-refractivity contribution is -0.0588. The van der Waals surface area contributed by atoms with Crippen molar-refractivity contribution in [3.8, 4) is 0 Å². The lowest BCUT2D eigenvalue weighted by atomic mass is 9.48. The van der Waals surface area contributed by atoms with E-state index in [1.807, 2.05) is 0 Å². The Kier molecular flexibility index (Phi) is 3.31. The van der Waals surface area contributed by atoms with Crippen LogP contribution in [0, 0.1) is 30.6 Å². The summed E-state index contributed by atoms with van der Waals surface area (Å²) in [4.78, 5) is 4.67. The van der Waals surface area contributed by atoms with Crippen LogP contribution in [0.2, 0.25) is 0 Å². The zero-order chi connectivity index (χ0) is 19.3. The fourth-order valence-electron chi connectivity index (χ4n) is 8.25. The van der Waals surface area contributed by atoms with E-state index in [1.54, 1.807) is 10.4 Å². The highest BCUT2D eigenvalue weighted by Gasteiger charge is 2.65. The molecule has 29 heavy (non-hydrogen) atoms. The van der Waals surface area contributed by atoms with Crippen LogP contribution in [-0.2, 0) is 5.54 Å². The summed E-state index contributed by atoms with van der Waals surface area (Å²) >= 11 is 2.13. The van der Waals surface area contributed by atoms with Gasteiger partial charge in [0.1, 0.15) is 0 Å². The Balaban J connectivity index is 1.54. The maximum Gasteiger partial charge on any atom is 0.0812 e. The van der Waals surface area contributed by atoms with Gasteiger partial charge in [0.15, 0.2) is 0 Å². The van der Waals surface area contributed by atoms with Crippen LogP contribution >= 0.6 is 11.3 Å². The van der Waals surface area contributed by atoms with Gasteiger partial charge in [0, 0.05) is 15.3 Å². The van der Waals surface area contributed by atoms with Crippen LogP contribution in [0.25, 0.3) is 10.1 Å². The Morgan fingerprint density at radius 1 is 0.862 bits per heavy atom. The minimum atomic E-state index is 0.234. The van der Waals surface area contributed by atoms with Crippen molar-refractivity contribution in [2.24, 2.45) is 23.7 Å². The third kappa shape index (κ3) is 1.97. The molecule has 0 radical (unpaired) electrons. The van der Waals surface area contributed by atoms with Gasteiger partial charge in [0.2, 0.25) is 0 Å². The molecule has 2 heteroatoms. The van der Waals surface area contributed by atoms with Crippen LogP contribution in [0.3, 0.4) is 0 Å². The molecule has 4 bridgehead atoms. The van der Waals surface area contributed by atoms with Crippen molar-refractivity contribution in [2.75, 3.05) is 4.90 Å². The highest BCUT2D eigenvalue weighted by molar-refractivity contribution is 7.19. The number of rotatable bonds is 1. The lowest BCUT2D eigenvalue weighted by Gasteiger charge is -2.63. The van der Waals surface area contributed by atoms with Gasteiger partial charge in [-0.15, -0.1) is 11.3 Å². The summed E-state index contributed by atoms with van der Waals surface area (Å²) in [5.74, 6) is 3.65. The molecule has 1 aliphatic heterocycles. The van der Waals surface area contributed by atoms with E-state index in [1.165, 1.54) is 53.4 Å². The number of para-hydroxylation sites is 1. The highest BCUT2D eigenvalue weighted by atomic mass is 32.1. The van der Waals surface area contributed by atoms with Gasteiger partial charge >= 0.3 is 0 Å². The van der Waals surface area contributed by atoms with Gasteiger partial charge < -0.3 is 4.90 Å².